The van der Waals surface area contributed by atoms with Crippen molar-refractivity contribution in [3.05, 3.63) is 65.5 Å². The van der Waals surface area contributed by atoms with Gasteiger partial charge in [-0.25, -0.2) is 4.39 Å². The molecule has 2 amide bonds. The number of hydrogen-bond donors (Lipinski definition) is 2. The van der Waals surface area contributed by atoms with Gasteiger partial charge in [0, 0.05) is 30.1 Å². The number of ether oxygens (including phenoxy) is 1. The van der Waals surface area contributed by atoms with Crippen LogP contribution in [-0.4, -0.2) is 24.4 Å². The Bertz CT molecular complexity index is 777. The molecule has 0 bridgehead atoms. The summed E-state index contributed by atoms with van der Waals surface area (Å²) >= 11 is 0. The molecule has 0 aromatic heterocycles. The Morgan fingerprint density at radius 2 is 1.92 bits per heavy atom. The van der Waals surface area contributed by atoms with E-state index in [2.05, 4.69) is 10.6 Å². The van der Waals surface area contributed by atoms with Crippen LogP contribution in [0.1, 0.15) is 35.2 Å². The summed E-state index contributed by atoms with van der Waals surface area (Å²) in [7, 11) is 0. The number of halogens is 1. The van der Waals surface area contributed by atoms with Crippen LogP contribution in [-0.2, 0) is 11.4 Å². The van der Waals surface area contributed by atoms with Gasteiger partial charge >= 0.3 is 0 Å². The fourth-order valence-electron chi connectivity index (χ4n) is 2.82. The Kier molecular flexibility index (Phi) is 5.84. The Hall–Kier alpha value is -2.89. The molecule has 1 saturated heterocycles. The molecule has 5 nitrogen and oxygen atoms in total. The van der Waals surface area contributed by atoms with Gasteiger partial charge in [-0.05, 0) is 43.2 Å². The van der Waals surface area contributed by atoms with Gasteiger partial charge < -0.3 is 15.4 Å². The zero-order chi connectivity index (χ0) is 18.4. The highest BCUT2D eigenvalue weighted by atomic mass is 19.1. The predicted molar refractivity (Wildman–Crippen MR) is 95.3 cm³/mol. The molecule has 1 aliphatic rings. The molecule has 2 aromatic rings. The second-order valence-electron chi connectivity index (χ2n) is 6.25. The Morgan fingerprint density at radius 3 is 2.69 bits per heavy atom. The smallest absolute Gasteiger partial charge is 0.251 e. The molecular weight excluding hydrogens is 335 g/mol. The summed E-state index contributed by atoms with van der Waals surface area (Å²) in [4.78, 5) is 23.7. The fourth-order valence-corrected chi connectivity index (χ4v) is 2.82. The topological polar surface area (TPSA) is 67.4 Å². The second kappa shape index (κ2) is 8.47. The van der Waals surface area contributed by atoms with Crippen LogP contribution in [0.15, 0.2) is 48.5 Å². The molecule has 1 atom stereocenters. The first-order chi connectivity index (χ1) is 12.6. The predicted octanol–water partition coefficient (Wildman–Crippen LogP) is 2.80. The quantitative estimate of drug-likeness (QED) is 0.866. The highest BCUT2D eigenvalue weighted by molar-refractivity contribution is 5.94. The lowest BCUT2D eigenvalue weighted by molar-refractivity contribution is -0.120. The van der Waals surface area contributed by atoms with E-state index < -0.39 is 0 Å². The molecule has 136 valence electrons. The summed E-state index contributed by atoms with van der Waals surface area (Å²) in [5.41, 5.74) is 0.998. The van der Waals surface area contributed by atoms with Crippen molar-refractivity contribution in [1.82, 2.24) is 10.6 Å². The van der Waals surface area contributed by atoms with Crippen LogP contribution in [0.5, 0.6) is 5.75 Å². The number of rotatable bonds is 5. The lowest BCUT2D eigenvalue weighted by atomic mass is 10.1. The molecule has 2 aromatic carbocycles. The molecule has 26 heavy (non-hydrogen) atoms. The summed E-state index contributed by atoms with van der Waals surface area (Å²) in [6.07, 6.45) is 1.79. The average Bonchev–Trinajstić information content (AvgIpc) is 2.86. The van der Waals surface area contributed by atoms with E-state index in [0.29, 0.717) is 36.3 Å². The second-order valence-corrected chi connectivity index (χ2v) is 6.25. The van der Waals surface area contributed by atoms with E-state index in [0.717, 1.165) is 6.42 Å². The first-order valence-corrected chi connectivity index (χ1v) is 8.65. The van der Waals surface area contributed by atoms with Crippen LogP contribution in [0.3, 0.4) is 0 Å². The van der Waals surface area contributed by atoms with Crippen molar-refractivity contribution in [2.45, 2.75) is 31.9 Å². The molecule has 1 heterocycles. The van der Waals surface area contributed by atoms with E-state index in [1.807, 2.05) is 0 Å². The average molecular weight is 356 g/mol. The number of amides is 2. The fraction of sp³-hybridized carbons (Fsp3) is 0.300. The number of benzene rings is 2. The van der Waals surface area contributed by atoms with Crippen molar-refractivity contribution in [1.29, 1.82) is 0 Å². The van der Waals surface area contributed by atoms with E-state index in [9.17, 15) is 14.0 Å². The van der Waals surface area contributed by atoms with E-state index in [1.165, 1.54) is 6.07 Å². The van der Waals surface area contributed by atoms with Gasteiger partial charge in [-0.1, -0.05) is 18.2 Å². The summed E-state index contributed by atoms with van der Waals surface area (Å²) in [6, 6.07) is 13.2. The Balaban J connectivity index is 1.54. The van der Waals surface area contributed by atoms with Crippen molar-refractivity contribution in [3.63, 3.8) is 0 Å². The maximum Gasteiger partial charge on any atom is 0.251 e. The third kappa shape index (κ3) is 4.81. The minimum atomic E-state index is -0.306. The Morgan fingerprint density at radius 1 is 1.15 bits per heavy atom. The van der Waals surface area contributed by atoms with Crippen LogP contribution in [0, 0.1) is 5.82 Å². The van der Waals surface area contributed by atoms with Gasteiger partial charge in [0.2, 0.25) is 5.91 Å². The van der Waals surface area contributed by atoms with Crippen molar-refractivity contribution in [3.8, 4) is 5.75 Å². The number of hydrogen-bond acceptors (Lipinski definition) is 3. The molecule has 1 aliphatic heterocycles. The van der Waals surface area contributed by atoms with E-state index >= 15 is 0 Å². The van der Waals surface area contributed by atoms with Gasteiger partial charge in [-0.2, -0.15) is 0 Å². The van der Waals surface area contributed by atoms with Crippen LogP contribution >= 0.6 is 0 Å². The molecule has 0 saturated carbocycles. The summed E-state index contributed by atoms with van der Waals surface area (Å²) in [6.45, 7) is 0.702. The van der Waals surface area contributed by atoms with Crippen LogP contribution < -0.4 is 15.4 Å². The third-order valence-electron chi connectivity index (χ3n) is 4.34. The van der Waals surface area contributed by atoms with Gasteiger partial charge in [0.1, 0.15) is 18.2 Å². The number of nitrogens with one attached hydrogen (secondary N) is 2. The molecule has 0 spiro atoms. The van der Waals surface area contributed by atoms with Gasteiger partial charge in [-0.3, -0.25) is 9.59 Å². The van der Waals surface area contributed by atoms with E-state index in [-0.39, 0.29) is 30.3 Å². The van der Waals surface area contributed by atoms with Crippen LogP contribution in [0.25, 0.3) is 0 Å². The number of carbonyl (C=O) groups excluding carboxylic acids is 2. The maximum absolute atomic E-state index is 13.6. The van der Waals surface area contributed by atoms with Crippen molar-refractivity contribution < 1.29 is 18.7 Å². The molecule has 0 aliphatic carbocycles. The molecular formula is C20H21FN2O3. The molecule has 0 radical (unpaired) electrons. The van der Waals surface area contributed by atoms with Gasteiger partial charge in [0.15, 0.2) is 0 Å². The first kappa shape index (κ1) is 17.9. The van der Waals surface area contributed by atoms with Gasteiger partial charge in [-0.15, -0.1) is 0 Å². The highest BCUT2D eigenvalue weighted by Crippen LogP contribution is 2.16. The maximum atomic E-state index is 13.6. The Labute approximate surface area is 151 Å². The van der Waals surface area contributed by atoms with Crippen LogP contribution in [0.4, 0.5) is 4.39 Å². The highest BCUT2D eigenvalue weighted by Gasteiger charge is 2.18. The minimum Gasteiger partial charge on any atom is -0.489 e. The van der Waals surface area contributed by atoms with Crippen molar-refractivity contribution in [2.24, 2.45) is 0 Å². The monoisotopic (exact) mass is 356 g/mol. The van der Waals surface area contributed by atoms with Crippen molar-refractivity contribution in [2.75, 3.05) is 6.54 Å². The largest absolute Gasteiger partial charge is 0.489 e. The molecule has 2 N–H and O–H groups in total. The molecule has 3 rings (SSSR count). The lowest BCUT2D eigenvalue weighted by Gasteiger charge is -2.15. The van der Waals surface area contributed by atoms with E-state index in [1.54, 1.807) is 42.5 Å². The normalized spacial score (nSPS) is 17.1. The number of carbonyl (C=O) groups is 2. The standard InChI is InChI=1S/C20H21FN2O3/c21-18-4-2-1-3-15(18)13-26-17-8-5-14(6-9-17)20(25)23-16-7-10-19(24)22-12-11-16/h1-6,8-9,16H,7,10-13H2,(H,22,24)(H,23,25). The first-order valence-electron chi connectivity index (χ1n) is 8.65. The molecule has 1 unspecified atom stereocenters. The zero-order valence-corrected chi connectivity index (χ0v) is 14.3. The summed E-state index contributed by atoms with van der Waals surface area (Å²) in [5, 5.41) is 5.75. The lowest BCUT2D eigenvalue weighted by Crippen LogP contribution is -2.35. The van der Waals surface area contributed by atoms with Crippen molar-refractivity contribution >= 4 is 11.8 Å². The van der Waals surface area contributed by atoms with Gasteiger partial charge in [0.05, 0.1) is 0 Å². The third-order valence-corrected chi connectivity index (χ3v) is 4.34. The van der Waals surface area contributed by atoms with Crippen LogP contribution in [0.2, 0.25) is 0 Å². The zero-order valence-electron chi connectivity index (χ0n) is 14.3. The minimum absolute atomic E-state index is 0.0153. The molecule has 1 fully saturated rings. The van der Waals surface area contributed by atoms with E-state index in [4.69, 9.17) is 4.74 Å². The van der Waals surface area contributed by atoms with Gasteiger partial charge in [0.25, 0.3) is 5.91 Å². The molecule has 6 heteroatoms. The summed E-state index contributed by atoms with van der Waals surface area (Å²) < 4.78 is 19.1. The SMILES string of the molecule is O=C1CCC(NC(=O)c2ccc(OCc3ccccc3F)cc2)CCN1. The summed E-state index contributed by atoms with van der Waals surface area (Å²) in [5.74, 6) is 0.108.